The standard InChI is InChI=1S/C29H52N3O4S/c1-4-6-8-10-11-12-13-14-15-16-18-23-35-29(33)36-25-32(3)21-19-20-26(24-32)27-28(31-37-30-27)34-22-17-9-7-5-2/h20H,4-19,21-25H2,1-3H3/q+1. The van der Waals surface area contributed by atoms with Gasteiger partial charge in [0.15, 0.2) is 0 Å². The van der Waals surface area contributed by atoms with Gasteiger partial charge in [0.25, 0.3) is 5.88 Å². The average Bonchev–Trinajstić information content (AvgIpc) is 3.37. The molecule has 2 rings (SSSR count). The first-order valence-electron chi connectivity index (χ1n) is 14.9. The molecule has 0 saturated heterocycles. The topological polar surface area (TPSA) is 70.5 Å². The molecule has 37 heavy (non-hydrogen) atoms. The van der Waals surface area contributed by atoms with Crippen molar-refractivity contribution < 1.29 is 23.5 Å². The minimum atomic E-state index is -0.561. The highest BCUT2D eigenvalue weighted by atomic mass is 32.1. The SMILES string of the molecule is CCCCCCCCCCCCCOC(=O)OC[N+]1(C)CCC=C(c2nsnc2OCCCCCC)C1. The highest BCUT2D eigenvalue weighted by molar-refractivity contribution is 6.99. The third-order valence-electron chi connectivity index (χ3n) is 7.07. The summed E-state index contributed by atoms with van der Waals surface area (Å²) in [5.41, 5.74) is 1.95. The molecule has 0 spiro atoms. The number of carbonyl (C=O) groups is 1. The number of carbonyl (C=O) groups excluding carboxylic acids is 1. The summed E-state index contributed by atoms with van der Waals surface area (Å²) in [6, 6.07) is 0. The molecule has 0 aromatic carbocycles. The van der Waals surface area contributed by atoms with Crippen molar-refractivity contribution in [3.05, 3.63) is 11.8 Å². The Morgan fingerprint density at radius 1 is 0.838 bits per heavy atom. The van der Waals surface area contributed by atoms with Gasteiger partial charge in [-0.15, -0.1) is 4.37 Å². The fourth-order valence-corrected chi connectivity index (χ4v) is 5.26. The van der Waals surface area contributed by atoms with Crippen molar-refractivity contribution in [2.45, 2.75) is 117 Å². The van der Waals surface area contributed by atoms with Gasteiger partial charge in [0.05, 0.1) is 38.5 Å². The van der Waals surface area contributed by atoms with Crippen LogP contribution in [0.3, 0.4) is 0 Å². The molecular weight excluding hydrogens is 486 g/mol. The van der Waals surface area contributed by atoms with Crippen LogP contribution in [0.1, 0.15) is 122 Å². The summed E-state index contributed by atoms with van der Waals surface area (Å²) >= 11 is 1.19. The molecular formula is C29H52N3O4S+. The lowest BCUT2D eigenvalue weighted by atomic mass is 10.1. The van der Waals surface area contributed by atoms with Crippen molar-refractivity contribution in [2.75, 3.05) is 40.1 Å². The number of likely N-dealkylation sites (N-methyl/N-ethyl adjacent to an activating group) is 1. The van der Waals surface area contributed by atoms with Gasteiger partial charge in [-0.05, 0) is 12.8 Å². The summed E-state index contributed by atoms with van der Waals surface area (Å²) < 4.78 is 26.2. The molecule has 0 radical (unpaired) electrons. The normalized spacial score (nSPS) is 17.4. The number of unbranched alkanes of at least 4 members (excludes halogenated alkanes) is 13. The van der Waals surface area contributed by atoms with Crippen molar-refractivity contribution in [1.29, 1.82) is 0 Å². The zero-order chi connectivity index (χ0) is 26.6. The summed E-state index contributed by atoms with van der Waals surface area (Å²) in [7, 11) is 2.11. The predicted octanol–water partition coefficient (Wildman–Crippen LogP) is 8.15. The Morgan fingerprint density at radius 2 is 1.43 bits per heavy atom. The van der Waals surface area contributed by atoms with E-state index >= 15 is 0 Å². The van der Waals surface area contributed by atoms with Gasteiger partial charge in [-0.25, -0.2) is 4.79 Å². The lowest BCUT2D eigenvalue weighted by Crippen LogP contribution is -2.49. The van der Waals surface area contributed by atoms with Crippen LogP contribution in [-0.2, 0) is 9.47 Å². The number of ether oxygens (including phenoxy) is 3. The third-order valence-corrected chi connectivity index (χ3v) is 7.58. The van der Waals surface area contributed by atoms with Crippen LogP contribution in [0.4, 0.5) is 4.79 Å². The molecule has 0 bridgehead atoms. The molecule has 2 heterocycles. The number of rotatable bonds is 21. The second-order valence-corrected chi connectivity index (χ2v) is 11.3. The van der Waals surface area contributed by atoms with Crippen molar-refractivity contribution in [3.8, 4) is 5.88 Å². The van der Waals surface area contributed by atoms with Crippen LogP contribution in [0.2, 0.25) is 0 Å². The Labute approximate surface area is 229 Å². The summed E-state index contributed by atoms with van der Waals surface area (Å²) in [5.74, 6) is 0.633. The number of nitrogens with zero attached hydrogens (tertiary/aromatic N) is 3. The van der Waals surface area contributed by atoms with Crippen LogP contribution in [0, 0.1) is 0 Å². The molecule has 212 valence electrons. The van der Waals surface area contributed by atoms with Crippen LogP contribution in [0.25, 0.3) is 5.57 Å². The molecule has 1 aromatic heterocycles. The van der Waals surface area contributed by atoms with Gasteiger partial charge in [0.2, 0.25) is 6.73 Å². The van der Waals surface area contributed by atoms with Gasteiger partial charge in [-0.2, -0.15) is 4.37 Å². The Bertz CT molecular complexity index is 770. The molecule has 1 aliphatic rings. The highest BCUT2D eigenvalue weighted by Crippen LogP contribution is 2.30. The molecule has 1 atom stereocenters. The maximum absolute atomic E-state index is 12.2. The van der Waals surface area contributed by atoms with E-state index in [1.54, 1.807) is 0 Å². The zero-order valence-electron chi connectivity index (χ0n) is 23.8. The van der Waals surface area contributed by atoms with E-state index in [2.05, 4.69) is 35.7 Å². The molecule has 0 amide bonds. The van der Waals surface area contributed by atoms with Crippen LogP contribution >= 0.6 is 11.7 Å². The number of aromatic nitrogens is 2. The monoisotopic (exact) mass is 538 g/mol. The van der Waals surface area contributed by atoms with Gasteiger partial charge in [-0.1, -0.05) is 103 Å². The van der Waals surface area contributed by atoms with Crippen LogP contribution in [0.5, 0.6) is 5.88 Å². The van der Waals surface area contributed by atoms with E-state index < -0.39 is 6.16 Å². The first kappa shape index (κ1) is 31.5. The first-order valence-corrected chi connectivity index (χ1v) is 15.6. The minimum absolute atomic E-state index is 0.291. The quantitative estimate of drug-likeness (QED) is 0.0893. The largest absolute Gasteiger partial charge is 0.512 e. The predicted molar refractivity (Wildman–Crippen MR) is 152 cm³/mol. The Kier molecular flexibility index (Phi) is 16.5. The molecule has 0 saturated carbocycles. The smallest absolute Gasteiger partial charge is 0.475 e. The lowest BCUT2D eigenvalue weighted by Gasteiger charge is -2.36. The van der Waals surface area contributed by atoms with Crippen LogP contribution in [0.15, 0.2) is 6.08 Å². The molecule has 1 aliphatic heterocycles. The van der Waals surface area contributed by atoms with Crippen molar-refractivity contribution >= 4 is 23.5 Å². The van der Waals surface area contributed by atoms with Gasteiger partial charge < -0.3 is 14.2 Å². The fraction of sp³-hybridized carbons (Fsp3) is 0.828. The van der Waals surface area contributed by atoms with Gasteiger partial charge >= 0.3 is 6.16 Å². The second-order valence-electron chi connectivity index (χ2n) is 10.8. The Balaban J connectivity index is 1.58. The van der Waals surface area contributed by atoms with E-state index in [4.69, 9.17) is 14.2 Å². The molecule has 0 aliphatic carbocycles. The number of hydrogen-bond donors (Lipinski definition) is 0. The van der Waals surface area contributed by atoms with E-state index in [1.807, 2.05) is 0 Å². The molecule has 7 nitrogen and oxygen atoms in total. The molecule has 0 N–H and O–H groups in total. The highest BCUT2D eigenvalue weighted by Gasteiger charge is 2.31. The lowest BCUT2D eigenvalue weighted by molar-refractivity contribution is -0.919. The van der Waals surface area contributed by atoms with Crippen molar-refractivity contribution in [2.24, 2.45) is 0 Å². The van der Waals surface area contributed by atoms with Crippen molar-refractivity contribution in [1.82, 2.24) is 8.75 Å². The first-order chi connectivity index (χ1) is 18.1. The number of hydrogen-bond acceptors (Lipinski definition) is 7. The summed E-state index contributed by atoms with van der Waals surface area (Å²) in [6.45, 7) is 7.50. The van der Waals surface area contributed by atoms with Gasteiger partial charge in [-0.3, -0.25) is 4.48 Å². The van der Waals surface area contributed by atoms with Crippen LogP contribution in [-0.4, -0.2) is 59.5 Å². The van der Waals surface area contributed by atoms with E-state index in [0.717, 1.165) is 50.0 Å². The number of quaternary nitrogens is 1. The molecule has 0 fully saturated rings. The minimum Gasteiger partial charge on any atom is -0.475 e. The molecule has 1 aromatic rings. The van der Waals surface area contributed by atoms with Gasteiger partial charge in [0.1, 0.15) is 12.2 Å². The molecule has 1 unspecified atom stereocenters. The average molecular weight is 539 g/mol. The van der Waals surface area contributed by atoms with E-state index in [-0.39, 0.29) is 0 Å². The van der Waals surface area contributed by atoms with Gasteiger partial charge in [0, 0.05) is 12.0 Å². The van der Waals surface area contributed by atoms with E-state index in [0.29, 0.717) is 30.3 Å². The Morgan fingerprint density at radius 3 is 2.11 bits per heavy atom. The molecule has 8 heteroatoms. The summed E-state index contributed by atoms with van der Waals surface area (Å²) in [4.78, 5) is 12.2. The van der Waals surface area contributed by atoms with E-state index in [1.165, 1.54) is 88.8 Å². The summed E-state index contributed by atoms with van der Waals surface area (Å²) in [6.07, 6.45) is 21.2. The second kappa shape index (κ2) is 19.4. The third kappa shape index (κ3) is 13.6. The zero-order valence-corrected chi connectivity index (χ0v) is 24.6. The fourth-order valence-electron chi connectivity index (χ4n) is 4.73. The van der Waals surface area contributed by atoms with Crippen LogP contribution < -0.4 is 4.74 Å². The van der Waals surface area contributed by atoms with E-state index in [9.17, 15) is 4.79 Å². The van der Waals surface area contributed by atoms with Crippen molar-refractivity contribution in [3.63, 3.8) is 0 Å². The maximum Gasteiger partial charge on any atom is 0.512 e. The summed E-state index contributed by atoms with van der Waals surface area (Å²) in [5, 5.41) is 0. The Hall–Kier alpha value is -1.67. The maximum atomic E-state index is 12.2.